The minimum Gasteiger partial charge on any atom is -0.383 e. The summed E-state index contributed by atoms with van der Waals surface area (Å²) in [5, 5.41) is 3.87. The molecule has 0 spiro atoms. The van der Waals surface area contributed by atoms with Gasteiger partial charge in [-0.15, -0.1) is 0 Å². The molecule has 0 radical (unpaired) electrons. The van der Waals surface area contributed by atoms with Crippen molar-refractivity contribution in [3.05, 3.63) is 0 Å². The monoisotopic (exact) mass is 284 g/mol. The third-order valence-electron chi connectivity index (χ3n) is 5.01. The van der Waals surface area contributed by atoms with Gasteiger partial charge >= 0.3 is 0 Å². The summed E-state index contributed by atoms with van der Waals surface area (Å²) in [7, 11) is 3.56. The summed E-state index contributed by atoms with van der Waals surface area (Å²) >= 11 is 0. The molecule has 0 aromatic rings. The highest BCUT2D eigenvalue weighted by Crippen LogP contribution is 2.33. The second kappa shape index (κ2) is 8.32. The molecule has 1 saturated heterocycles. The standard InChI is InChI=1S/C16H32N2O2/c1-13(12-20-3)18(8-9-19-2)11-15-10-14-6-4-5-7-16(14)17-15/h13-17H,4-12H2,1-3H3. The molecular weight excluding hydrogens is 252 g/mol. The number of methoxy groups -OCH3 is 2. The lowest BCUT2D eigenvalue weighted by atomic mass is 9.85. The van der Waals surface area contributed by atoms with Crippen molar-refractivity contribution in [2.75, 3.05) is 40.5 Å². The van der Waals surface area contributed by atoms with E-state index >= 15 is 0 Å². The average Bonchev–Trinajstić information content (AvgIpc) is 2.86. The van der Waals surface area contributed by atoms with Gasteiger partial charge in [-0.1, -0.05) is 12.8 Å². The lowest BCUT2D eigenvalue weighted by Gasteiger charge is -2.31. The van der Waals surface area contributed by atoms with Crippen LogP contribution in [0.3, 0.4) is 0 Å². The van der Waals surface area contributed by atoms with Crippen LogP contribution in [0.1, 0.15) is 39.0 Å². The first-order valence-corrected chi connectivity index (χ1v) is 8.22. The van der Waals surface area contributed by atoms with E-state index in [-0.39, 0.29) is 0 Å². The van der Waals surface area contributed by atoms with Gasteiger partial charge in [0, 0.05) is 45.4 Å². The van der Waals surface area contributed by atoms with Crippen LogP contribution in [0.15, 0.2) is 0 Å². The fourth-order valence-corrected chi connectivity index (χ4v) is 3.90. The molecule has 2 rings (SSSR count). The minimum atomic E-state index is 0.458. The summed E-state index contributed by atoms with van der Waals surface area (Å²) in [4.78, 5) is 2.52. The topological polar surface area (TPSA) is 33.7 Å². The van der Waals surface area contributed by atoms with E-state index < -0.39 is 0 Å². The Morgan fingerprint density at radius 2 is 2.00 bits per heavy atom. The molecule has 4 unspecified atom stereocenters. The summed E-state index contributed by atoms with van der Waals surface area (Å²) in [6.45, 7) is 5.97. The summed E-state index contributed by atoms with van der Waals surface area (Å²) in [5.41, 5.74) is 0. The molecule has 1 heterocycles. The van der Waals surface area contributed by atoms with E-state index in [1.54, 1.807) is 14.2 Å². The minimum absolute atomic E-state index is 0.458. The normalized spacial score (nSPS) is 31.5. The molecular formula is C16H32N2O2. The smallest absolute Gasteiger partial charge is 0.0615 e. The van der Waals surface area contributed by atoms with Crippen molar-refractivity contribution in [1.82, 2.24) is 10.2 Å². The van der Waals surface area contributed by atoms with Crippen LogP contribution in [0.25, 0.3) is 0 Å². The SMILES string of the molecule is COCCN(CC1CC2CCCCC2N1)C(C)COC. The van der Waals surface area contributed by atoms with E-state index in [0.29, 0.717) is 12.1 Å². The first-order valence-electron chi connectivity index (χ1n) is 8.22. The van der Waals surface area contributed by atoms with Crippen LogP contribution in [0.2, 0.25) is 0 Å². The number of hydrogen-bond acceptors (Lipinski definition) is 4. The van der Waals surface area contributed by atoms with Crippen molar-refractivity contribution in [3.63, 3.8) is 0 Å². The van der Waals surface area contributed by atoms with Crippen molar-refractivity contribution in [3.8, 4) is 0 Å². The van der Waals surface area contributed by atoms with Crippen molar-refractivity contribution in [2.45, 2.75) is 57.2 Å². The van der Waals surface area contributed by atoms with Crippen LogP contribution in [0.4, 0.5) is 0 Å². The van der Waals surface area contributed by atoms with Gasteiger partial charge in [-0.05, 0) is 32.1 Å². The molecule has 20 heavy (non-hydrogen) atoms. The molecule has 4 atom stereocenters. The average molecular weight is 284 g/mol. The van der Waals surface area contributed by atoms with Crippen molar-refractivity contribution < 1.29 is 9.47 Å². The molecule has 2 aliphatic rings. The molecule has 2 fully saturated rings. The highest BCUT2D eigenvalue weighted by Gasteiger charge is 2.35. The predicted molar refractivity (Wildman–Crippen MR) is 82.1 cm³/mol. The number of nitrogens with zero attached hydrogens (tertiary/aromatic N) is 1. The molecule has 118 valence electrons. The van der Waals surface area contributed by atoms with Crippen molar-refractivity contribution in [1.29, 1.82) is 0 Å². The molecule has 0 aromatic carbocycles. The first-order chi connectivity index (χ1) is 9.74. The van der Waals surface area contributed by atoms with Gasteiger partial charge in [-0.3, -0.25) is 4.90 Å². The van der Waals surface area contributed by atoms with Gasteiger partial charge in [-0.2, -0.15) is 0 Å². The Labute approximate surface area is 124 Å². The lowest BCUT2D eigenvalue weighted by molar-refractivity contribution is 0.0697. The van der Waals surface area contributed by atoms with E-state index in [1.807, 2.05) is 0 Å². The number of nitrogens with one attached hydrogen (secondary N) is 1. The Balaban J connectivity index is 1.83. The van der Waals surface area contributed by atoms with Gasteiger partial charge in [0.1, 0.15) is 0 Å². The molecule has 4 heteroatoms. The molecule has 1 aliphatic heterocycles. The second-order valence-electron chi connectivity index (χ2n) is 6.54. The Hall–Kier alpha value is -0.160. The third kappa shape index (κ3) is 4.42. The van der Waals surface area contributed by atoms with Gasteiger partial charge in [0.15, 0.2) is 0 Å². The van der Waals surface area contributed by atoms with Crippen molar-refractivity contribution in [2.24, 2.45) is 5.92 Å². The Kier molecular flexibility index (Phi) is 6.75. The maximum Gasteiger partial charge on any atom is 0.0615 e. The predicted octanol–water partition coefficient (Wildman–Crippen LogP) is 1.89. The molecule has 1 aliphatic carbocycles. The van der Waals surface area contributed by atoms with E-state index in [4.69, 9.17) is 9.47 Å². The van der Waals surface area contributed by atoms with Crippen LogP contribution in [0, 0.1) is 5.92 Å². The molecule has 0 bridgehead atoms. The van der Waals surface area contributed by atoms with Crippen molar-refractivity contribution >= 4 is 0 Å². The van der Waals surface area contributed by atoms with Gasteiger partial charge in [-0.25, -0.2) is 0 Å². The van der Waals surface area contributed by atoms with Crippen LogP contribution < -0.4 is 5.32 Å². The van der Waals surface area contributed by atoms with Gasteiger partial charge in [0.05, 0.1) is 13.2 Å². The number of ether oxygens (including phenoxy) is 2. The van der Waals surface area contributed by atoms with E-state index in [0.717, 1.165) is 38.3 Å². The number of rotatable bonds is 8. The van der Waals surface area contributed by atoms with Gasteiger partial charge in [0.25, 0.3) is 0 Å². The summed E-state index contributed by atoms with van der Waals surface area (Å²) in [6, 6.07) is 1.90. The largest absolute Gasteiger partial charge is 0.383 e. The van der Waals surface area contributed by atoms with Crippen LogP contribution in [-0.2, 0) is 9.47 Å². The van der Waals surface area contributed by atoms with Crippen LogP contribution in [0.5, 0.6) is 0 Å². The zero-order valence-corrected chi connectivity index (χ0v) is 13.4. The fraction of sp³-hybridized carbons (Fsp3) is 1.00. The zero-order chi connectivity index (χ0) is 14.4. The number of fused-ring (bicyclic) bond motifs is 1. The quantitative estimate of drug-likeness (QED) is 0.738. The maximum atomic E-state index is 5.32. The number of hydrogen-bond donors (Lipinski definition) is 1. The van der Waals surface area contributed by atoms with E-state index in [1.165, 1.54) is 32.1 Å². The van der Waals surface area contributed by atoms with E-state index in [9.17, 15) is 0 Å². The molecule has 1 N–H and O–H groups in total. The van der Waals surface area contributed by atoms with Gasteiger partial charge in [0.2, 0.25) is 0 Å². The summed E-state index contributed by atoms with van der Waals surface area (Å²) < 4.78 is 10.6. The molecule has 1 saturated carbocycles. The fourth-order valence-electron chi connectivity index (χ4n) is 3.90. The maximum absolute atomic E-state index is 5.32. The van der Waals surface area contributed by atoms with Crippen LogP contribution >= 0.6 is 0 Å². The third-order valence-corrected chi connectivity index (χ3v) is 5.01. The van der Waals surface area contributed by atoms with Gasteiger partial charge < -0.3 is 14.8 Å². The zero-order valence-electron chi connectivity index (χ0n) is 13.4. The second-order valence-corrected chi connectivity index (χ2v) is 6.54. The molecule has 0 amide bonds. The van der Waals surface area contributed by atoms with E-state index in [2.05, 4.69) is 17.1 Å². The molecule has 0 aromatic heterocycles. The summed E-state index contributed by atoms with van der Waals surface area (Å²) in [5.74, 6) is 0.927. The Morgan fingerprint density at radius 3 is 2.70 bits per heavy atom. The molecule has 4 nitrogen and oxygen atoms in total. The van der Waals surface area contributed by atoms with Crippen LogP contribution in [-0.4, -0.2) is 63.5 Å². The highest BCUT2D eigenvalue weighted by molar-refractivity contribution is 4.94. The lowest BCUT2D eigenvalue weighted by Crippen LogP contribution is -2.46. The Bertz CT molecular complexity index is 261. The Morgan fingerprint density at radius 1 is 1.20 bits per heavy atom. The highest BCUT2D eigenvalue weighted by atomic mass is 16.5. The summed E-state index contributed by atoms with van der Waals surface area (Å²) in [6.07, 6.45) is 7.01. The first kappa shape index (κ1) is 16.2.